The van der Waals surface area contributed by atoms with Crippen LogP contribution in [0.2, 0.25) is 5.02 Å². The monoisotopic (exact) mass is 517 g/mol. The van der Waals surface area contributed by atoms with Gasteiger partial charge in [0, 0.05) is 21.5 Å². The van der Waals surface area contributed by atoms with Crippen LogP contribution in [0.1, 0.15) is 13.3 Å². The molecular weight excluding hydrogens is 494 g/mol. The van der Waals surface area contributed by atoms with Gasteiger partial charge in [-0.15, -0.1) is 0 Å². The Hall–Kier alpha value is -4.48. The average molecular weight is 518 g/mol. The minimum Gasteiger partial charge on any atom is -0.494 e. The quantitative estimate of drug-likeness (QED) is 0.212. The molecule has 0 fully saturated rings. The molecule has 0 N–H and O–H groups in total. The summed E-state index contributed by atoms with van der Waals surface area (Å²) < 4.78 is 11.4. The maximum atomic E-state index is 6.09. The van der Waals surface area contributed by atoms with Gasteiger partial charge in [0.1, 0.15) is 5.75 Å². The van der Waals surface area contributed by atoms with E-state index in [1.807, 2.05) is 78.9 Å². The van der Waals surface area contributed by atoms with Gasteiger partial charge in [0.2, 0.25) is 5.82 Å². The Kier molecular flexibility index (Phi) is 6.59. The first-order valence-corrected chi connectivity index (χ1v) is 12.9. The first-order chi connectivity index (χ1) is 18.7. The third kappa shape index (κ3) is 4.89. The molecule has 6 aromatic rings. The van der Waals surface area contributed by atoms with Crippen LogP contribution in [0.4, 0.5) is 0 Å². The van der Waals surface area contributed by atoms with Crippen LogP contribution in [0, 0.1) is 0 Å². The number of benzene rings is 4. The van der Waals surface area contributed by atoms with Crippen molar-refractivity contribution >= 4 is 22.5 Å². The molecule has 0 aliphatic rings. The Balaban J connectivity index is 1.31. The van der Waals surface area contributed by atoms with Crippen LogP contribution in [-0.2, 0) is 0 Å². The van der Waals surface area contributed by atoms with Crippen LogP contribution >= 0.6 is 11.6 Å². The largest absolute Gasteiger partial charge is 0.494 e. The predicted octanol–water partition coefficient (Wildman–Crippen LogP) is 8.73. The van der Waals surface area contributed by atoms with Gasteiger partial charge in [0.25, 0.3) is 5.89 Å². The van der Waals surface area contributed by atoms with E-state index in [2.05, 4.69) is 36.3 Å². The van der Waals surface area contributed by atoms with Gasteiger partial charge in [-0.2, -0.15) is 4.98 Å². The molecule has 0 saturated heterocycles. The summed E-state index contributed by atoms with van der Waals surface area (Å²) in [6, 6.07) is 33.8. The number of ether oxygens (including phenoxy) is 1. The Morgan fingerprint density at radius 2 is 1.39 bits per heavy atom. The second kappa shape index (κ2) is 10.5. The molecule has 6 heteroatoms. The van der Waals surface area contributed by atoms with Gasteiger partial charge >= 0.3 is 0 Å². The van der Waals surface area contributed by atoms with Crippen LogP contribution in [0.15, 0.2) is 108 Å². The summed E-state index contributed by atoms with van der Waals surface area (Å²) in [5.41, 5.74) is 6.56. The number of para-hydroxylation sites is 1. The Bertz CT molecular complexity index is 1690. The van der Waals surface area contributed by atoms with E-state index >= 15 is 0 Å². The zero-order valence-corrected chi connectivity index (χ0v) is 21.5. The summed E-state index contributed by atoms with van der Waals surface area (Å²) in [6.07, 6.45) is 0.988. The summed E-state index contributed by atoms with van der Waals surface area (Å²) in [7, 11) is 0. The smallest absolute Gasteiger partial charge is 0.259 e. The van der Waals surface area contributed by atoms with Gasteiger partial charge in [-0.1, -0.05) is 90.4 Å². The lowest BCUT2D eigenvalue weighted by Crippen LogP contribution is -1.94. The van der Waals surface area contributed by atoms with E-state index in [0.717, 1.165) is 63.2 Å². The molecule has 2 heterocycles. The molecule has 186 valence electrons. The fourth-order valence-corrected chi connectivity index (χ4v) is 4.47. The van der Waals surface area contributed by atoms with Crippen molar-refractivity contribution in [3.8, 4) is 51.0 Å². The third-order valence-corrected chi connectivity index (χ3v) is 6.57. The number of fused-ring (bicyclic) bond motifs is 1. The van der Waals surface area contributed by atoms with Crippen molar-refractivity contribution < 1.29 is 9.26 Å². The fraction of sp³-hybridized carbons (Fsp3) is 0.0938. The summed E-state index contributed by atoms with van der Waals surface area (Å²) in [5, 5.41) is 5.91. The summed E-state index contributed by atoms with van der Waals surface area (Å²) in [6.45, 7) is 2.82. The molecule has 6 rings (SSSR count). The predicted molar refractivity (Wildman–Crippen MR) is 152 cm³/mol. The van der Waals surface area contributed by atoms with E-state index in [0.29, 0.717) is 16.7 Å². The maximum absolute atomic E-state index is 6.09. The van der Waals surface area contributed by atoms with Crippen molar-refractivity contribution in [2.75, 3.05) is 6.61 Å². The van der Waals surface area contributed by atoms with Gasteiger partial charge < -0.3 is 9.26 Å². The zero-order valence-electron chi connectivity index (χ0n) is 20.8. The topological polar surface area (TPSA) is 61.0 Å². The molecule has 4 aromatic carbocycles. The Labute approximate surface area is 225 Å². The fourth-order valence-electron chi connectivity index (χ4n) is 4.35. The van der Waals surface area contributed by atoms with E-state index in [9.17, 15) is 0 Å². The number of aromatic nitrogens is 3. The van der Waals surface area contributed by atoms with Crippen molar-refractivity contribution in [2.45, 2.75) is 13.3 Å². The molecule has 0 bridgehead atoms. The first-order valence-electron chi connectivity index (χ1n) is 12.5. The van der Waals surface area contributed by atoms with Crippen LogP contribution in [0.3, 0.4) is 0 Å². The number of hydrogen-bond donors (Lipinski definition) is 0. The maximum Gasteiger partial charge on any atom is 0.259 e. The van der Waals surface area contributed by atoms with Gasteiger partial charge in [-0.3, -0.25) is 0 Å². The molecule has 38 heavy (non-hydrogen) atoms. The highest BCUT2D eigenvalue weighted by Crippen LogP contribution is 2.33. The molecule has 0 atom stereocenters. The summed E-state index contributed by atoms with van der Waals surface area (Å²) in [4.78, 5) is 9.59. The number of halogens is 1. The third-order valence-electron chi connectivity index (χ3n) is 6.32. The van der Waals surface area contributed by atoms with E-state index < -0.39 is 0 Å². The molecule has 0 unspecified atom stereocenters. The number of pyridine rings is 1. The lowest BCUT2D eigenvalue weighted by Gasteiger charge is -2.07. The minimum atomic E-state index is 0.445. The molecule has 0 amide bonds. The lowest BCUT2D eigenvalue weighted by molar-refractivity contribution is 0.317. The highest BCUT2D eigenvalue weighted by Gasteiger charge is 2.16. The molecule has 0 radical (unpaired) electrons. The minimum absolute atomic E-state index is 0.445. The second-order valence-electron chi connectivity index (χ2n) is 8.95. The van der Waals surface area contributed by atoms with Crippen LogP contribution < -0.4 is 4.74 Å². The second-order valence-corrected chi connectivity index (χ2v) is 9.39. The average Bonchev–Trinajstić information content (AvgIpc) is 3.46. The summed E-state index contributed by atoms with van der Waals surface area (Å²) in [5.74, 6) is 1.86. The van der Waals surface area contributed by atoms with Crippen molar-refractivity contribution in [3.05, 3.63) is 108 Å². The molecule has 0 aliphatic heterocycles. The first kappa shape index (κ1) is 23.9. The van der Waals surface area contributed by atoms with Crippen molar-refractivity contribution in [3.63, 3.8) is 0 Å². The zero-order chi connectivity index (χ0) is 25.9. The van der Waals surface area contributed by atoms with Gasteiger partial charge in [-0.25, -0.2) is 4.98 Å². The SMILES string of the molecule is CCCOc1ccc(-c2ccc(-c3noc(-c4cc(-c5ccc(Cl)cc5)nc5ccccc45)n3)cc2)cc1. The van der Waals surface area contributed by atoms with E-state index in [4.69, 9.17) is 30.8 Å². The molecule has 0 aliphatic carbocycles. The Morgan fingerprint density at radius 1 is 0.737 bits per heavy atom. The molecule has 0 saturated carbocycles. The van der Waals surface area contributed by atoms with E-state index in [1.54, 1.807) is 0 Å². The van der Waals surface area contributed by atoms with Gasteiger partial charge in [-0.05, 0) is 53.9 Å². The molecule has 2 aromatic heterocycles. The van der Waals surface area contributed by atoms with E-state index in [1.165, 1.54) is 0 Å². The number of rotatable bonds is 7. The lowest BCUT2D eigenvalue weighted by atomic mass is 10.0. The van der Waals surface area contributed by atoms with Crippen molar-refractivity contribution in [2.24, 2.45) is 0 Å². The van der Waals surface area contributed by atoms with Crippen molar-refractivity contribution in [1.82, 2.24) is 15.1 Å². The number of nitrogens with zero attached hydrogens (tertiary/aromatic N) is 3. The summed E-state index contributed by atoms with van der Waals surface area (Å²) >= 11 is 6.09. The number of hydrogen-bond acceptors (Lipinski definition) is 5. The highest BCUT2D eigenvalue weighted by atomic mass is 35.5. The molecule has 0 spiro atoms. The standard InChI is InChI=1S/C32H24ClN3O2/c1-2-19-37-26-17-13-22(14-18-26)21-7-9-24(10-8-21)31-35-32(38-36-31)28-20-30(23-11-15-25(33)16-12-23)34-29-6-4-3-5-27(28)29/h3-18,20H,2,19H2,1H3. The normalized spacial score (nSPS) is 11.1. The van der Waals surface area contributed by atoms with Crippen LogP contribution in [0.25, 0.3) is 56.1 Å². The Morgan fingerprint density at radius 3 is 2.13 bits per heavy atom. The molecule has 5 nitrogen and oxygen atoms in total. The highest BCUT2D eigenvalue weighted by molar-refractivity contribution is 6.30. The van der Waals surface area contributed by atoms with E-state index in [-0.39, 0.29) is 0 Å². The van der Waals surface area contributed by atoms with Crippen LogP contribution in [0.5, 0.6) is 5.75 Å². The molecular formula is C32H24ClN3O2. The van der Waals surface area contributed by atoms with Gasteiger partial charge in [0.05, 0.1) is 23.4 Å². The van der Waals surface area contributed by atoms with Crippen molar-refractivity contribution in [1.29, 1.82) is 0 Å². The van der Waals surface area contributed by atoms with Crippen LogP contribution in [-0.4, -0.2) is 21.7 Å². The van der Waals surface area contributed by atoms with Gasteiger partial charge in [0.15, 0.2) is 0 Å².